The largest absolute Gasteiger partial charge is 0.450 e. The minimum Gasteiger partial charge on any atom is -0.450 e. The predicted molar refractivity (Wildman–Crippen MR) is 83.2 cm³/mol. The Kier molecular flexibility index (Phi) is 3.97. The lowest BCUT2D eigenvalue weighted by Gasteiger charge is -2.22. The van der Waals surface area contributed by atoms with Crippen molar-refractivity contribution in [1.29, 1.82) is 0 Å². The van der Waals surface area contributed by atoms with E-state index in [9.17, 15) is 4.79 Å². The lowest BCUT2D eigenvalue weighted by Crippen LogP contribution is -2.24. The van der Waals surface area contributed by atoms with Crippen LogP contribution in [0.4, 0.5) is 0 Å². The maximum Gasteiger partial charge on any atom is 0.295 e. The molecule has 110 valence electrons. The van der Waals surface area contributed by atoms with E-state index in [4.69, 9.17) is 9.47 Å². The minimum atomic E-state index is -0.269. The zero-order chi connectivity index (χ0) is 15.4. The lowest BCUT2D eigenvalue weighted by molar-refractivity contribution is -0.115. The number of fused-ring (bicyclic) bond motifs is 2. The number of hydrogen-bond donors (Lipinski definition) is 1. The van der Waals surface area contributed by atoms with Crippen LogP contribution in [-0.4, -0.2) is 12.5 Å². The lowest BCUT2D eigenvalue weighted by atomic mass is 10.1. The number of para-hydroxylation sites is 3. The van der Waals surface area contributed by atoms with Crippen LogP contribution < -0.4 is 14.8 Å². The van der Waals surface area contributed by atoms with Gasteiger partial charge in [0.05, 0.1) is 0 Å². The molecule has 0 spiro atoms. The molecule has 0 aromatic heterocycles. The molecule has 0 unspecified atom stereocenters. The van der Waals surface area contributed by atoms with Gasteiger partial charge in [0.15, 0.2) is 23.0 Å². The number of benzene rings is 2. The fourth-order valence-electron chi connectivity index (χ4n) is 2.27. The molecule has 1 amide bonds. The van der Waals surface area contributed by atoms with E-state index in [0.29, 0.717) is 36.0 Å². The van der Waals surface area contributed by atoms with E-state index >= 15 is 0 Å². The van der Waals surface area contributed by atoms with Crippen molar-refractivity contribution in [2.75, 3.05) is 6.54 Å². The Morgan fingerprint density at radius 1 is 1.05 bits per heavy atom. The molecule has 0 saturated heterocycles. The van der Waals surface area contributed by atoms with Crippen molar-refractivity contribution in [3.05, 3.63) is 48.0 Å². The first-order chi connectivity index (χ1) is 10.8. The fraction of sp³-hybridized carbons (Fsp3) is 0.167. The van der Waals surface area contributed by atoms with E-state index in [1.54, 1.807) is 6.92 Å². The molecule has 4 nitrogen and oxygen atoms in total. The molecule has 1 aliphatic heterocycles. The van der Waals surface area contributed by atoms with Crippen LogP contribution in [0.3, 0.4) is 0 Å². The molecular formula is C18H15NO3. The predicted octanol–water partition coefficient (Wildman–Crippen LogP) is 3.27. The van der Waals surface area contributed by atoms with Crippen LogP contribution >= 0.6 is 0 Å². The van der Waals surface area contributed by atoms with Gasteiger partial charge in [0.1, 0.15) is 0 Å². The molecule has 2 aromatic carbocycles. The van der Waals surface area contributed by atoms with Gasteiger partial charge < -0.3 is 14.8 Å². The van der Waals surface area contributed by atoms with Gasteiger partial charge in [-0.15, -0.1) is 0 Å². The van der Waals surface area contributed by atoms with E-state index in [1.165, 1.54) is 0 Å². The van der Waals surface area contributed by atoms with Crippen molar-refractivity contribution in [2.24, 2.45) is 0 Å². The highest BCUT2D eigenvalue weighted by atomic mass is 16.6. The molecule has 0 bridgehead atoms. The van der Waals surface area contributed by atoms with Gasteiger partial charge in [0.2, 0.25) is 0 Å². The van der Waals surface area contributed by atoms with Crippen LogP contribution in [0.15, 0.2) is 42.5 Å². The van der Waals surface area contributed by atoms with Crippen LogP contribution in [0.2, 0.25) is 0 Å². The summed E-state index contributed by atoms with van der Waals surface area (Å²) >= 11 is 0. The molecule has 0 atom stereocenters. The van der Waals surface area contributed by atoms with Gasteiger partial charge >= 0.3 is 0 Å². The molecule has 0 radical (unpaired) electrons. The van der Waals surface area contributed by atoms with E-state index in [2.05, 4.69) is 17.2 Å². The van der Waals surface area contributed by atoms with Crippen molar-refractivity contribution < 1.29 is 14.3 Å². The van der Waals surface area contributed by atoms with E-state index < -0.39 is 0 Å². The average molecular weight is 293 g/mol. The third kappa shape index (κ3) is 2.89. The van der Waals surface area contributed by atoms with Crippen LogP contribution in [0.5, 0.6) is 23.0 Å². The SMILES string of the molecule is CC#CC(=O)NCCc1cccc2c1Oc1ccccc1O2. The summed E-state index contributed by atoms with van der Waals surface area (Å²) in [5, 5.41) is 2.75. The molecule has 4 heteroatoms. The summed E-state index contributed by atoms with van der Waals surface area (Å²) in [7, 11) is 0. The topological polar surface area (TPSA) is 47.6 Å². The molecule has 3 rings (SSSR count). The highest BCUT2D eigenvalue weighted by Crippen LogP contribution is 2.46. The van der Waals surface area contributed by atoms with Gasteiger partial charge in [-0.2, -0.15) is 0 Å². The van der Waals surface area contributed by atoms with Crippen LogP contribution in [-0.2, 0) is 11.2 Å². The van der Waals surface area contributed by atoms with Crippen molar-refractivity contribution >= 4 is 5.91 Å². The van der Waals surface area contributed by atoms with E-state index in [0.717, 1.165) is 5.56 Å². The quantitative estimate of drug-likeness (QED) is 0.754. The molecule has 2 aromatic rings. The van der Waals surface area contributed by atoms with Crippen LogP contribution in [0.1, 0.15) is 12.5 Å². The van der Waals surface area contributed by atoms with Crippen molar-refractivity contribution in [1.82, 2.24) is 5.32 Å². The fourth-order valence-corrected chi connectivity index (χ4v) is 2.27. The molecule has 1 N–H and O–H groups in total. The Labute approximate surface area is 129 Å². The Bertz CT molecular complexity index is 771. The summed E-state index contributed by atoms with van der Waals surface area (Å²) in [6.07, 6.45) is 0.645. The maximum absolute atomic E-state index is 11.3. The van der Waals surface area contributed by atoms with E-state index in [-0.39, 0.29) is 5.91 Å². The maximum atomic E-state index is 11.3. The first-order valence-electron chi connectivity index (χ1n) is 7.05. The number of carbonyl (C=O) groups excluding carboxylic acids is 1. The zero-order valence-corrected chi connectivity index (χ0v) is 12.2. The number of carbonyl (C=O) groups is 1. The summed E-state index contributed by atoms with van der Waals surface area (Å²) in [5.41, 5.74) is 0.983. The van der Waals surface area contributed by atoms with E-state index in [1.807, 2.05) is 42.5 Å². The second-order valence-corrected chi connectivity index (χ2v) is 4.78. The standard InChI is InChI=1S/C18H15NO3/c1-2-6-17(20)19-12-11-13-7-5-10-16-18(13)22-15-9-4-3-8-14(15)21-16/h3-5,7-10H,11-12H2,1H3,(H,19,20). The number of ether oxygens (including phenoxy) is 2. The Morgan fingerprint density at radius 2 is 1.77 bits per heavy atom. The first kappa shape index (κ1) is 14.0. The number of nitrogens with one attached hydrogen (secondary N) is 1. The average Bonchev–Trinajstić information content (AvgIpc) is 2.53. The van der Waals surface area contributed by atoms with Crippen LogP contribution in [0, 0.1) is 11.8 Å². The Balaban J connectivity index is 1.75. The summed E-state index contributed by atoms with van der Waals surface area (Å²) in [4.78, 5) is 11.3. The first-order valence-corrected chi connectivity index (χ1v) is 7.05. The molecule has 0 saturated carbocycles. The molecule has 0 fully saturated rings. The van der Waals surface area contributed by atoms with Gasteiger partial charge in [-0.25, -0.2) is 0 Å². The van der Waals surface area contributed by atoms with Gasteiger partial charge in [0.25, 0.3) is 5.91 Å². The molecule has 0 aliphatic carbocycles. The number of hydrogen-bond acceptors (Lipinski definition) is 3. The zero-order valence-electron chi connectivity index (χ0n) is 12.2. The summed E-state index contributed by atoms with van der Waals surface area (Å²) in [5.74, 6) is 7.55. The van der Waals surface area contributed by atoms with Gasteiger partial charge in [-0.1, -0.05) is 30.2 Å². The monoisotopic (exact) mass is 293 g/mol. The van der Waals surface area contributed by atoms with Crippen molar-refractivity contribution in [3.63, 3.8) is 0 Å². The second kappa shape index (κ2) is 6.23. The normalized spacial score (nSPS) is 11.0. The second-order valence-electron chi connectivity index (χ2n) is 4.78. The minimum absolute atomic E-state index is 0.269. The summed E-state index contributed by atoms with van der Waals surface area (Å²) in [6, 6.07) is 13.3. The number of rotatable bonds is 3. The molecule has 22 heavy (non-hydrogen) atoms. The summed E-state index contributed by atoms with van der Waals surface area (Å²) < 4.78 is 11.8. The van der Waals surface area contributed by atoms with Crippen LogP contribution in [0.25, 0.3) is 0 Å². The molecule has 1 heterocycles. The van der Waals surface area contributed by atoms with Gasteiger partial charge in [-0.3, -0.25) is 4.79 Å². The molecule has 1 aliphatic rings. The highest BCUT2D eigenvalue weighted by molar-refractivity contribution is 5.93. The smallest absolute Gasteiger partial charge is 0.295 e. The third-order valence-corrected chi connectivity index (χ3v) is 3.26. The van der Waals surface area contributed by atoms with Gasteiger partial charge in [-0.05, 0) is 37.5 Å². The summed E-state index contributed by atoms with van der Waals surface area (Å²) in [6.45, 7) is 2.13. The van der Waals surface area contributed by atoms with Crippen molar-refractivity contribution in [3.8, 4) is 34.8 Å². The highest BCUT2D eigenvalue weighted by Gasteiger charge is 2.20. The Morgan fingerprint density at radius 3 is 2.55 bits per heavy atom. The Hall–Kier alpha value is -2.93. The third-order valence-electron chi connectivity index (χ3n) is 3.26. The number of amides is 1. The van der Waals surface area contributed by atoms with Crippen molar-refractivity contribution in [2.45, 2.75) is 13.3 Å². The molecular weight excluding hydrogens is 278 g/mol. The van der Waals surface area contributed by atoms with Gasteiger partial charge in [0, 0.05) is 12.1 Å².